The summed E-state index contributed by atoms with van der Waals surface area (Å²) in [6.45, 7) is 4.94. The molecule has 2 aliphatic rings. The molecular formula is C16H18ClNO3. The van der Waals surface area contributed by atoms with Crippen molar-refractivity contribution in [2.45, 2.75) is 32.2 Å². The summed E-state index contributed by atoms with van der Waals surface area (Å²) in [6.07, 6.45) is 2.53. The van der Waals surface area contributed by atoms with Crippen LogP contribution < -0.4 is 4.90 Å². The Morgan fingerprint density at radius 1 is 1.24 bits per heavy atom. The van der Waals surface area contributed by atoms with E-state index in [2.05, 4.69) is 0 Å². The van der Waals surface area contributed by atoms with Gasteiger partial charge in [-0.2, -0.15) is 0 Å². The monoisotopic (exact) mass is 307 g/mol. The fourth-order valence-corrected chi connectivity index (χ4v) is 3.74. The molecule has 2 aliphatic heterocycles. The van der Waals surface area contributed by atoms with Gasteiger partial charge in [-0.15, -0.1) is 0 Å². The smallest absolute Gasteiger partial charge is 0.255 e. The van der Waals surface area contributed by atoms with Crippen LogP contribution in [0.4, 0.5) is 5.69 Å². The molecule has 3 rings (SSSR count). The largest absolute Gasteiger partial charge is 0.510 e. The first-order valence-corrected chi connectivity index (χ1v) is 7.43. The molecule has 0 radical (unpaired) electrons. The zero-order chi connectivity index (χ0) is 15.2. The van der Waals surface area contributed by atoms with Crippen molar-refractivity contribution in [3.8, 4) is 0 Å². The lowest BCUT2D eigenvalue weighted by atomic mass is 9.87. The number of aliphatic hydroxyl groups is 1. The van der Waals surface area contributed by atoms with Crippen molar-refractivity contribution >= 4 is 23.2 Å². The maximum Gasteiger partial charge on any atom is 0.255 e. The number of aliphatic hydroxyl groups excluding tert-OH is 1. The second-order valence-electron chi connectivity index (χ2n) is 5.74. The van der Waals surface area contributed by atoms with Crippen LogP contribution in [0.15, 0.2) is 24.0 Å². The topological polar surface area (TPSA) is 49.8 Å². The molecule has 112 valence electrons. The summed E-state index contributed by atoms with van der Waals surface area (Å²) in [7, 11) is 0. The van der Waals surface area contributed by atoms with Crippen LogP contribution in [0.3, 0.4) is 0 Å². The predicted molar refractivity (Wildman–Crippen MR) is 81.9 cm³/mol. The Morgan fingerprint density at radius 2 is 1.81 bits per heavy atom. The molecule has 1 aromatic rings. The van der Waals surface area contributed by atoms with Crippen molar-refractivity contribution in [1.29, 1.82) is 0 Å². The number of nitrogens with zero attached hydrogens (tertiary/aromatic N) is 1. The summed E-state index contributed by atoms with van der Waals surface area (Å²) in [5.41, 5.74) is 2.04. The number of ether oxygens (including phenoxy) is 1. The Labute approximate surface area is 129 Å². The molecule has 0 unspecified atom stereocenters. The van der Waals surface area contributed by atoms with Gasteiger partial charge in [0.25, 0.3) is 5.91 Å². The van der Waals surface area contributed by atoms with Gasteiger partial charge in [-0.25, -0.2) is 0 Å². The van der Waals surface area contributed by atoms with Gasteiger partial charge in [-0.1, -0.05) is 11.6 Å². The van der Waals surface area contributed by atoms with Gasteiger partial charge in [-0.3, -0.25) is 9.69 Å². The van der Waals surface area contributed by atoms with E-state index >= 15 is 0 Å². The van der Waals surface area contributed by atoms with Crippen LogP contribution in [0.1, 0.15) is 24.0 Å². The SMILES string of the molecule is Cc1cc(Cl)cc(C)c1N1C(=O)C=C(O)C12CCOCC2. The number of carbonyl (C=O) groups is 1. The van der Waals surface area contributed by atoms with Crippen molar-refractivity contribution in [1.82, 2.24) is 0 Å². The minimum absolute atomic E-state index is 0.143. The summed E-state index contributed by atoms with van der Waals surface area (Å²) in [5, 5.41) is 11.0. The van der Waals surface area contributed by atoms with E-state index < -0.39 is 5.54 Å². The molecule has 1 spiro atoms. The molecule has 1 saturated heterocycles. The van der Waals surface area contributed by atoms with Gasteiger partial charge >= 0.3 is 0 Å². The molecule has 1 N–H and O–H groups in total. The van der Waals surface area contributed by atoms with Gasteiger partial charge in [0.1, 0.15) is 11.3 Å². The normalized spacial score (nSPS) is 21.0. The molecule has 2 heterocycles. The fraction of sp³-hybridized carbons (Fsp3) is 0.438. The second kappa shape index (κ2) is 5.04. The first-order valence-electron chi connectivity index (χ1n) is 7.05. The maximum absolute atomic E-state index is 12.5. The second-order valence-corrected chi connectivity index (χ2v) is 6.17. The molecule has 5 heteroatoms. The zero-order valence-corrected chi connectivity index (χ0v) is 12.9. The Hall–Kier alpha value is -1.52. The highest BCUT2D eigenvalue weighted by Crippen LogP contribution is 2.44. The third kappa shape index (κ3) is 2.14. The average Bonchev–Trinajstić information content (AvgIpc) is 2.63. The van der Waals surface area contributed by atoms with E-state index in [1.165, 1.54) is 6.08 Å². The maximum atomic E-state index is 12.5. The van der Waals surface area contributed by atoms with E-state index in [0.717, 1.165) is 16.8 Å². The first-order chi connectivity index (χ1) is 9.95. The van der Waals surface area contributed by atoms with Crippen molar-refractivity contribution in [3.05, 3.63) is 40.1 Å². The zero-order valence-electron chi connectivity index (χ0n) is 12.1. The minimum atomic E-state index is -0.668. The quantitative estimate of drug-likeness (QED) is 0.866. The number of anilines is 1. The number of hydrogen-bond donors (Lipinski definition) is 1. The summed E-state index contributed by atoms with van der Waals surface area (Å²) in [4.78, 5) is 14.2. The van der Waals surface area contributed by atoms with Crippen LogP contribution in [0, 0.1) is 13.8 Å². The molecule has 4 nitrogen and oxygen atoms in total. The van der Waals surface area contributed by atoms with E-state index in [1.54, 1.807) is 4.90 Å². The Balaban J connectivity index is 2.14. The van der Waals surface area contributed by atoms with Gasteiger partial charge in [0.05, 0.1) is 5.69 Å². The summed E-state index contributed by atoms with van der Waals surface area (Å²) >= 11 is 6.09. The first kappa shape index (κ1) is 14.4. The third-order valence-electron chi connectivity index (χ3n) is 4.38. The third-order valence-corrected chi connectivity index (χ3v) is 4.60. The lowest BCUT2D eigenvalue weighted by Crippen LogP contribution is -2.52. The molecule has 0 aliphatic carbocycles. The number of benzene rings is 1. The van der Waals surface area contributed by atoms with Crippen molar-refractivity contribution in [2.24, 2.45) is 0 Å². The summed E-state index contributed by atoms with van der Waals surface area (Å²) in [6, 6.07) is 3.69. The predicted octanol–water partition coefficient (Wildman–Crippen LogP) is 3.29. The molecule has 0 saturated carbocycles. The van der Waals surface area contributed by atoms with Gasteiger partial charge in [-0.05, 0) is 37.1 Å². The van der Waals surface area contributed by atoms with Crippen LogP contribution in [-0.4, -0.2) is 29.8 Å². The van der Waals surface area contributed by atoms with E-state index in [0.29, 0.717) is 31.1 Å². The summed E-state index contributed by atoms with van der Waals surface area (Å²) in [5.74, 6) is -0.0347. The number of halogens is 1. The van der Waals surface area contributed by atoms with Crippen LogP contribution in [0.5, 0.6) is 0 Å². The molecule has 1 aromatic carbocycles. The number of aryl methyl sites for hydroxylation is 2. The Bertz CT molecular complexity index is 609. The molecule has 0 aromatic heterocycles. The number of carbonyl (C=O) groups excluding carboxylic acids is 1. The van der Waals surface area contributed by atoms with Gasteiger partial charge in [0.2, 0.25) is 0 Å². The molecule has 1 amide bonds. The van der Waals surface area contributed by atoms with Crippen LogP contribution in [0.2, 0.25) is 5.02 Å². The Kier molecular flexibility index (Phi) is 3.46. The average molecular weight is 308 g/mol. The number of hydrogen-bond acceptors (Lipinski definition) is 3. The molecule has 0 bridgehead atoms. The van der Waals surface area contributed by atoms with Crippen LogP contribution in [0.25, 0.3) is 0 Å². The lowest BCUT2D eigenvalue weighted by molar-refractivity contribution is -0.114. The standard InChI is InChI=1S/C16H18ClNO3/c1-10-7-12(17)8-11(2)15(10)18-14(20)9-13(19)16(18)3-5-21-6-4-16/h7-9,19H,3-6H2,1-2H3. The number of rotatable bonds is 1. The van der Waals surface area contributed by atoms with Gasteiger partial charge in [0.15, 0.2) is 0 Å². The lowest BCUT2D eigenvalue weighted by Gasteiger charge is -2.42. The fourth-order valence-electron chi connectivity index (χ4n) is 3.41. The van der Waals surface area contributed by atoms with Crippen molar-refractivity contribution < 1.29 is 14.6 Å². The van der Waals surface area contributed by atoms with E-state index in [1.807, 2.05) is 26.0 Å². The van der Waals surface area contributed by atoms with Gasteiger partial charge in [0, 0.05) is 37.2 Å². The number of amides is 1. The van der Waals surface area contributed by atoms with E-state index in [-0.39, 0.29) is 11.7 Å². The molecule has 21 heavy (non-hydrogen) atoms. The van der Waals surface area contributed by atoms with E-state index in [9.17, 15) is 9.90 Å². The molecular weight excluding hydrogens is 290 g/mol. The van der Waals surface area contributed by atoms with Crippen molar-refractivity contribution in [2.75, 3.05) is 18.1 Å². The van der Waals surface area contributed by atoms with E-state index in [4.69, 9.17) is 16.3 Å². The Morgan fingerprint density at radius 3 is 2.38 bits per heavy atom. The highest BCUT2D eigenvalue weighted by atomic mass is 35.5. The molecule has 0 atom stereocenters. The highest BCUT2D eigenvalue weighted by Gasteiger charge is 2.50. The van der Waals surface area contributed by atoms with Gasteiger partial charge < -0.3 is 9.84 Å². The van der Waals surface area contributed by atoms with Crippen LogP contribution >= 0.6 is 11.6 Å². The van der Waals surface area contributed by atoms with Crippen molar-refractivity contribution in [3.63, 3.8) is 0 Å². The highest BCUT2D eigenvalue weighted by molar-refractivity contribution is 6.31. The minimum Gasteiger partial charge on any atom is -0.510 e. The summed E-state index contributed by atoms with van der Waals surface area (Å²) < 4.78 is 5.41. The van der Waals surface area contributed by atoms with Crippen LogP contribution in [-0.2, 0) is 9.53 Å². The molecule has 1 fully saturated rings.